The number of hydrogen-bond donors (Lipinski definition) is 1. The quantitative estimate of drug-likeness (QED) is 0.445. The molecule has 0 atom stereocenters. The average molecular weight is 273 g/mol. The summed E-state index contributed by atoms with van der Waals surface area (Å²) in [6.45, 7) is 2.50. The Morgan fingerprint density at radius 1 is 0.895 bits per heavy atom. The first-order valence-corrected chi connectivity index (χ1v) is 6.63. The Morgan fingerprint density at radius 2 is 1.53 bits per heavy atom. The van der Waals surface area contributed by atoms with Crippen molar-refractivity contribution in [1.82, 2.24) is 0 Å². The van der Waals surface area contributed by atoms with Crippen molar-refractivity contribution in [3.05, 3.63) is 0 Å². The summed E-state index contributed by atoms with van der Waals surface area (Å²) in [5.74, 6) is -0.617. The lowest BCUT2D eigenvalue weighted by molar-refractivity contribution is -0.145. The van der Waals surface area contributed by atoms with Gasteiger partial charge in [0.15, 0.2) is 0 Å². The van der Waals surface area contributed by atoms with Gasteiger partial charge in [-0.3, -0.25) is 14.4 Å². The minimum atomic E-state index is -0.344. The van der Waals surface area contributed by atoms with Crippen LogP contribution in [0.15, 0.2) is 0 Å². The highest BCUT2D eigenvalue weighted by Crippen LogP contribution is 1.99. The molecule has 0 aromatic carbocycles. The molecule has 0 amide bonds. The third-order valence-corrected chi connectivity index (χ3v) is 2.31. The molecule has 0 aromatic heterocycles. The van der Waals surface area contributed by atoms with Gasteiger partial charge in [0.2, 0.25) is 0 Å². The normalized spacial score (nSPS) is 10.0. The zero-order valence-electron chi connectivity index (χ0n) is 11.5. The lowest BCUT2D eigenvalue weighted by atomic mass is 10.2. The standard InChI is InChI=1S/C13H23NO5/c1-2-4-12(16)19-10-7-11(15)5-3-9-18-13(17)6-8-14/h2-10,14H2,1H3. The van der Waals surface area contributed by atoms with Gasteiger partial charge < -0.3 is 15.2 Å². The van der Waals surface area contributed by atoms with E-state index < -0.39 is 0 Å². The monoisotopic (exact) mass is 273 g/mol. The Labute approximate surface area is 113 Å². The van der Waals surface area contributed by atoms with Crippen molar-refractivity contribution < 1.29 is 23.9 Å². The molecule has 0 saturated heterocycles. The molecule has 6 heteroatoms. The van der Waals surface area contributed by atoms with Crippen LogP contribution in [0.25, 0.3) is 0 Å². The van der Waals surface area contributed by atoms with E-state index in [1.807, 2.05) is 6.92 Å². The van der Waals surface area contributed by atoms with E-state index in [1.165, 1.54) is 0 Å². The molecule has 0 radical (unpaired) electrons. The van der Waals surface area contributed by atoms with Crippen molar-refractivity contribution in [2.75, 3.05) is 19.8 Å². The molecule has 0 unspecified atom stereocenters. The molecule has 0 aromatic rings. The van der Waals surface area contributed by atoms with Crippen LogP contribution in [0.4, 0.5) is 0 Å². The van der Waals surface area contributed by atoms with Gasteiger partial charge in [0.25, 0.3) is 0 Å². The number of carbonyl (C=O) groups is 3. The molecule has 0 heterocycles. The van der Waals surface area contributed by atoms with Gasteiger partial charge in [-0.15, -0.1) is 0 Å². The Kier molecular flexibility index (Phi) is 10.8. The molecular weight excluding hydrogens is 250 g/mol. The van der Waals surface area contributed by atoms with Gasteiger partial charge in [0.05, 0.1) is 19.6 Å². The summed E-state index contributed by atoms with van der Waals surface area (Å²) < 4.78 is 9.72. The van der Waals surface area contributed by atoms with Crippen LogP contribution in [0.3, 0.4) is 0 Å². The van der Waals surface area contributed by atoms with Crippen molar-refractivity contribution >= 4 is 17.7 Å². The van der Waals surface area contributed by atoms with E-state index in [0.29, 0.717) is 19.3 Å². The molecular formula is C13H23NO5. The predicted octanol–water partition coefficient (Wildman–Crippen LogP) is 0.961. The van der Waals surface area contributed by atoms with Crippen LogP contribution in [0.2, 0.25) is 0 Å². The molecule has 0 spiro atoms. The molecule has 110 valence electrons. The SMILES string of the molecule is CCCC(=O)OCCC(=O)CCCOC(=O)CCN. The van der Waals surface area contributed by atoms with E-state index in [9.17, 15) is 14.4 Å². The van der Waals surface area contributed by atoms with Gasteiger partial charge in [0.1, 0.15) is 5.78 Å². The maximum absolute atomic E-state index is 11.4. The lowest BCUT2D eigenvalue weighted by Gasteiger charge is -2.05. The van der Waals surface area contributed by atoms with Gasteiger partial charge in [-0.25, -0.2) is 0 Å². The summed E-state index contributed by atoms with van der Waals surface area (Å²) in [7, 11) is 0. The number of ether oxygens (including phenoxy) is 2. The van der Waals surface area contributed by atoms with Gasteiger partial charge in [-0.2, -0.15) is 0 Å². The fourth-order valence-corrected chi connectivity index (χ4v) is 1.33. The topological polar surface area (TPSA) is 95.7 Å². The molecule has 6 nitrogen and oxygen atoms in total. The van der Waals surface area contributed by atoms with Crippen molar-refractivity contribution in [3.8, 4) is 0 Å². The fourth-order valence-electron chi connectivity index (χ4n) is 1.33. The Hall–Kier alpha value is -1.43. The number of rotatable bonds is 11. The second-order valence-corrected chi connectivity index (χ2v) is 4.12. The van der Waals surface area contributed by atoms with Gasteiger partial charge in [0, 0.05) is 25.8 Å². The summed E-state index contributed by atoms with van der Waals surface area (Å²) in [5, 5.41) is 0. The van der Waals surface area contributed by atoms with Gasteiger partial charge in [-0.05, 0) is 12.8 Å². The van der Waals surface area contributed by atoms with Crippen LogP contribution in [-0.2, 0) is 23.9 Å². The smallest absolute Gasteiger partial charge is 0.307 e. The van der Waals surface area contributed by atoms with E-state index in [2.05, 4.69) is 0 Å². The largest absolute Gasteiger partial charge is 0.466 e. The van der Waals surface area contributed by atoms with Gasteiger partial charge in [-0.1, -0.05) is 6.92 Å². The zero-order chi connectivity index (χ0) is 14.5. The molecule has 0 aliphatic carbocycles. The van der Waals surface area contributed by atoms with Crippen LogP contribution < -0.4 is 5.73 Å². The Balaban J connectivity index is 3.44. The minimum absolute atomic E-state index is 0.000766. The summed E-state index contributed by atoms with van der Waals surface area (Å²) in [5.41, 5.74) is 5.19. The third-order valence-electron chi connectivity index (χ3n) is 2.31. The highest BCUT2D eigenvalue weighted by Gasteiger charge is 2.06. The van der Waals surface area contributed by atoms with E-state index in [4.69, 9.17) is 15.2 Å². The summed E-state index contributed by atoms with van der Waals surface area (Å²) >= 11 is 0. The van der Waals surface area contributed by atoms with Crippen molar-refractivity contribution in [3.63, 3.8) is 0 Å². The maximum Gasteiger partial charge on any atom is 0.307 e. The number of Topliss-reactive ketones (excluding diaryl/α,β-unsaturated/α-hetero) is 1. The number of nitrogens with two attached hydrogens (primary N) is 1. The van der Waals surface area contributed by atoms with Crippen molar-refractivity contribution in [1.29, 1.82) is 0 Å². The van der Waals surface area contributed by atoms with E-state index >= 15 is 0 Å². The first-order chi connectivity index (χ1) is 9.10. The molecule has 0 bridgehead atoms. The van der Waals surface area contributed by atoms with E-state index in [-0.39, 0.29) is 50.3 Å². The maximum atomic E-state index is 11.4. The molecule has 19 heavy (non-hydrogen) atoms. The summed E-state index contributed by atoms with van der Waals surface area (Å²) in [6.07, 6.45) is 2.33. The lowest BCUT2D eigenvalue weighted by Crippen LogP contribution is -2.13. The number of carbonyl (C=O) groups excluding carboxylic acids is 3. The van der Waals surface area contributed by atoms with Crippen LogP contribution in [0.5, 0.6) is 0 Å². The number of esters is 2. The zero-order valence-corrected chi connectivity index (χ0v) is 11.5. The predicted molar refractivity (Wildman–Crippen MR) is 69.4 cm³/mol. The van der Waals surface area contributed by atoms with Crippen LogP contribution in [-0.4, -0.2) is 37.5 Å². The summed E-state index contributed by atoms with van der Waals surface area (Å²) in [6, 6.07) is 0. The second kappa shape index (κ2) is 11.6. The molecule has 2 N–H and O–H groups in total. The molecule has 0 aliphatic rings. The molecule has 0 aliphatic heterocycles. The molecule has 0 fully saturated rings. The third kappa shape index (κ3) is 11.4. The van der Waals surface area contributed by atoms with E-state index in [0.717, 1.165) is 6.42 Å². The number of hydrogen-bond acceptors (Lipinski definition) is 6. The Bertz CT molecular complexity index is 291. The highest BCUT2D eigenvalue weighted by atomic mass is 16.5. The summed E-state index contributed by atoms with van der Waals surface area (Å²) in [4.78, 5) is 33.4. The van der Waals surface area contributed by atoms with Crippen molar-refractivity contribution in [2.24, 2.45) is 5.73 Å². The molecule has 0 rings (SSSR count). The number of ketones is 1. The van der Waals surface area contributed by atoms with Gasteiger partial charge >= 0.3 is 11.9 Å². The average Bonchev–Trinajstić information content (AvgIpc) is 2.35. The fraction of sp³-hybridized carbons (Fsp3) is 0.769. The first kappa shape index (κ1) is 17.6. The van der Waals surface area contributed by atoms with E-state index in [1.54, 1.807) is 0 Å². The van der Waals surface area contributed by atoms with Crippen molar-refractivity contribution in [2.45, 2.75) is 45.4 Å². The minimum Gasteiger partial charge on any atom is -0.466 e. The Morgan fingerprint density at radius 3 is 2.16 bits per heavy atom. The van der Waals surface area contributed by atoms with Crippen LogP contribution in [0.1, 0.15) is 45.4 Å². The van der Waals surface area contributed by atoms with Crippen LogP contribution in [0, 0.1) is 0 Å². The van der Waals surface area contributed by atoms with Crippen LogP contribution >= 0.6 is 0 Å². The first-order valence-electron chi connectivity index (χ1n) is 6.63. The highest BCUT2D eigenvalue weighted by molar-refractivity contribution is 5.79. The second-order valence-electron chi connectivity index (χ2n) is 4.12. The molecule has 0 saturated carbocycles.